The van der Waals surface area contributed by atoms with E-state index in [0.717, 1.165) is 27.7 Å². The first-order valence-electron chi connectivity index (χ1n) is 8.23. The normalized spacial score (nSPS) is 12.6. The lowest BCUT2D eigenvalue weighted by molar-refractivity contribution is 0.414. The molecule has 1 N–H and O–H groups in total. The fourth-order valence-electron chi connectivity index (χ4n) is 2.65. The van der Waals surface area contributed by atoms with Crippen LogP contribution < -0.4 is 10.1 Å². The van der Waals surface area contributed by atoms with Gasteiger partial charge in [0.05, 0.1) is 19.3 Å². The molecule has 0 saturated carbocycles. The van der Waals surface area contributed by atoms with Crippen LogP contribution in [0, 0.1) is 0 Å². The second kappa shape index (κ2) is 7.31. The van der Waals surface area contributed by atoms with Crippen LogP contribution >= 0.6 is 11.8 Å². The Morgan fingerprint density at radius 3 is 2.68 bits per heavy atom. The number of anilines is 1. The molecule has 0 amide bonds. The molecule has 3 aromatic rings. The summed E-state index contributed by atoms with van der Waals surface area (Å²) in [7, 11) is 1.67. The molecule has 2 aromatic heterocycles. The van der Waals surface area contributed by atoms with E-state index >= 15 is 0 Å². The van der Waals surface area contributed by atoms with Crippen molar-refractivity contribution >= 4 is 23.4 Å². The van der Waals surface area contributed by atoms with E-state index < -0.39 is 0 Å². The molecule has 2 heterocycles. The summed E-state index contributed by atoms with van der Waals surface area (Å²) in [5.41, 5.74) is 3.09. The summed E-state index contributed by atoms with van der Waals surface area (Å²) in [6.45, 7) is 6.38. The minimum atomic E-state index is 0.0506. The molecule has 0 saturated heterocycles. The van der Waals surface area contributed by atoms with Crippen LogP contribution in [0.25, 0.3) is 5.65 Å². The number of methoxy groups -OCH3 is 1. The number of nitrogens with one attached hydrogen (secondary N) is 1. The molecule has 25 heavy (non-hydrogen) atoms. The summed E-state index contributed by atoms with van der Waals surface area (Å²) < 4.78 is 7.10. The molecule has 1 aromatic carbocycles. The highest BCUT2D eigenvalue weighted by atomic mass is 32.2. The molecule has 0 spiro atoms. The zero-order valence-corrected chi connectivity index (χ0v) is 16.0. The molecule has 0 radical (unpaired) electrons. The number of ether oxygens (including phenoxy) is 1. The summed E-state index contributed by atoms with van der Waals surface area (Å²) in [5.74, 6) is 1.88. The number of aromatic nitrogens is 4. The van der Waals surface area contributed by atoms with E-state index in [1.807, 2.05) is 30.7 Å². The van der Waals surface area contributed by atoms with Crippen LogP contribution in [0.3, 0.4) is 0 Å². The van der Waals surface area contributed by atoms with Crippen molar-refractivity contribution in [2.24, 2.45) is 0 Å². The molecule has 0 aliphatic carbocycles. The van der Waals surface area contributed by atoms with Crippen LogP contribution in [0.5, 0.6) is 5.75 Å². The molecule has 0 aliphatic rings. The molecule has 0 unspecified atom stereocenters. The maximum absolute atomic E-state index is 5.32. The molecule has 0 aliphatic heterocycles. The van der Waals surface area contributed by atoms with Gasteiger partial charge in [-0.3, -0.25) is 0 Å². The van der Waals surface area contributed by atoms with Crippen molar-refractivity contribution in [2.75, 3.05) is 18.7 Å². The Morgan fingerprint density at radius 1 is 1.20 bits per heavy atom. The van der Waals surface area contributed by atoms with Gasteiger partial charge in [0.15, 0.2) is 10.8 Å². The van der Waals surface area contributed by atoms with Crippen LogP contribution in [-0.4, -0.2) is 32.9 Å². The van der Waals surface area contributed by atoms with E-state index in [2.05, 4.69) is 47.2 Å². The topological polar surface area (TPSA) is 64.3 Å². The van der Waals surface area contributed by atoms with Gasteiger partial charge in [-0.1, -0.05) is 37.7 Å². The zero-order valence-electron chi connectivity index (χ0n) is 15.1. The number of thioether (sulfide) groups is 1. The van der Waals surface area contributed by atoms with Crippen LogP contribution in [0.2, 0.25) is 0 Å². The average molecular weight is 357 g/mol. The summed E-state index contributed by atoms with van der Waals surface area (Å²) in [6.07, 6.45) is 3.85. The van der Waals surface area contributed by atoms with Gasteiger partial charge in [-0.25, -0.2) is 4.98 Å². The first-order chi connectivity index (χ1) is 12.0. The van der Waals surface area contributed by atoms with Crippen molar-refractivity contribution in [3.8, 4) is 5.75 Å². The number of rotatable bonds is 6. The number of hydrogen-bond donors (Lipinski definition) is 1. The van der Waals surface area contributed by atoms with Crippen LogP contribution in [0.1, 0.15) is 43.9 Å². The van der Waals surface area contributed by atoms with E-state index in [-0.39, 0.29) is 6.04 Å². The first-order valence-corrected chi connectivity index (χ1v) is 9.46. The van der Waals surface area contributed by atoms with Gasteiger partial charge in [0.25, 0.3) is 0 Å². The number of nitrogens with zero attached hydrogens (tertiary/aromatic N) is 4. The van der Waals surface area contributed by atoms with E-state index in [1.165, 1.54) is 11.8 Å². The lowest BCUT2D eigenvalue weighted by Crippen LogP contribution is -2.13. The third kappa shape index (κ3) is 3.56. The van der Waals surface area contributed by atoms with Crippen LogP contribution in [0.15, 0.2) is 35.6 Å². The summed E-state index contributed by atoms with van der Waals surface area (Å²) >= 11 is 1.53. The molecule has 132 valence electrons. The number of hydrogen-bond acceptors (Lipinski definition) is 6. The maximum Gasteiger partial charge on any atom is 0.228 e. The predicted molar refractivity (Wildman–Crippen MR) is 102 cm³/mol. The third-order valence-corrected chi connectivity index (χ3v) is 4.67. The Morgan fingerprint density at radius 2 is 2.00 bits per heavy atom. The number of benzene rings is 1. The fourth-order valence-corrected chi connectivity index (χ4v) is 3.01. The van der Waals surface area contributed by atoms with Gasteiger partial charge in [-0.15, -0.1) is 0 Å². The van der Waals surface area contributed by atoms with Gasteiger partial charge < -0.3 is 10.1 Å². The summed E-state index contributed by atoms with van der Waals surface area (Å²) in [6, 6.07) is 8.06. The third-order valence-electron chi connectivity index (χ3n) is 4.12. The van der Waals surface area contributed by atoms with E-state index in [1.54, 1.807) is 11.6 Å². The molecule has 0 bridgehead atoms. The van der Waals surface area contributed by atoms with Gasteiger partial charge in [-0.05, 0) is 36.8 Å². The van der Waals surface area contributed by atoms with E-state index in [9.17, 15) is 0 Å². The highest BCUT2D eigenvalue weighted by Gasteiger charge is 2.16. The van der Waals surface area contributed by atoms with Crippen molar-refractivity contribution in [3.05, 3.63) is 41.6 Å². The van der Waals surface area contributed by atoms with Crippen molar-refractivity contribution < 1.29 is 4.74 Å². The molecule has 6 nitrogen and oxygen atoms in total. The van der Waals surface area contributed by atoms with E-state index in [0.29, 0.717) is 11.9 Å². The minimum absolute atomic E-state index is 0.0506. The molecule has 0 fully saturated rings. The molecular weight excluding hydrogens is 334 g/mol. The molecule has 3 rings (SSSR count). The van der Waals surface area contributed by atoms with Gasteiger partial charge in [0, 0.05) is 5.56 Å². The van der Waals surface area contributed by atoms with Gasteiger partial charge in [0.1, 0.15) is 5.75 Å². The number of fused-ring (bicyclic) bond motifs is 1. The Hall–Kier alpha value is -2.28. The largest absolute Gasteiger partial charge is 0.497 e. The minimum Gasteiger partial charge on any atom is -0.497 e. The monoisotopic (exact) mass is 357 g/mol. The smallest absolute Gasteiger partial charge is 0.228 e. The summed E-state index contributed by atoms with van der Waals surface area (Å²) in [4.78, 5) is 9.25. The van der Waals surface area contributed by atoms with Crippen molar-refractivity contribution in [2.45, 2.75) is 37.9 Å². The second-order valence-corrected chi connectivity index (χ2v) is 6.94. The Kier molecular flexibility index (Phi) is 5.13. The fraction of sp³-hybridized carbons (Fsp3) is 0.389. The lowest BCUT2D eigenvalue weighted by atomic mass is 10.1. The quantitative estimate of drug-likeness (QED) is 0.669. The molecule has 1 atom stereocenters. The molecular formula is C18H23N5OS. The van der Waals surface area contributed by atoms with Crippen molar-refractivity contribution in [3.63, 3.8) is 0 Å². The van der Waals surface area contributed by atoms with Gasteiger partial charge in [-0.2, -0.15) is 14.6 Å². The Labute approximate surface area is 152 Å². The van der Waals surface area contributed by atoms with E-state index in [4.69, 9.17) is 4.74 Å². The summed E-state index contributed by atoms with van der Waals surface area (Å²) in [5, 5.41) is 8.68. The van der Waals surface area contributed by atoms with Gasteiger partial charge >= 0.3 is 0 Å². The van der Waals surface area contributed by atoms with Crippen molar-refractivity contribution in [1.29, 1.82) is 0 Å². The maximum atomic E-state index is 5.32. The lowest BCUT2D eigenvalue weighted by Gasteiger charge is -2.17. The standard InChI is InChI=1S/C18H23N5OS/c1-11(2)15-10-19-23-16(15)21-18(25-5)22-17(23)20-12(3)13-7-6-8-14(9-13)24-4/h6-12H,1-5H3,(H,20,21,22)/t12-/m0/s1. The second-order valence-electron chi connectivity index (χ2n) is 6.17. The van der Waals surface area contributed by atoms with Crippen LogP contribution in [-0.2, 0) is 0 Å². The van der Waals surface area contributed by atoms with Gasteiger partial charge in [0.2, 0.25) is 5.95 Å². The first kappa shape index (κ1) is 17.5. The Bertz CT molecular complexity index is 877. The van der Waals surface area contributed by atoms with Crippen LogP contribution in [0.4, 0.5) is 5.95 Å². The predicted octanol–water partition coefficient (Wildman–Crippen LogP) is 4.15. The average Bonchev–Trinajstić information content (AvgIpc) is 3.06. The van der Waals surface area contributed by atoms with Crippen molar-refractivity contribution in [1.82, 2.24) is 19.6 Å². The Balaban J connectivity index is 1.99. The highest BCUT2D eigenvalue weighted by molar-refractivity contribution is 7.98. The zero-order chi connectivity index (χ0) is 18.0. The highest BCUT2D eigenvalue weighted by Crippen LogP contribution is 2.26. The SMILES string of the molecule is COc1cccc([C@H](C)Nc2nc(SC)nc3c(C(C)C)cnn23)c1. The molecule has 7 heteroatoms.